The Balaban J connectivity index is 1.71. The normalized spacial score (nSPS) is 36.9. The second kappa shape index (κ2) is 5.71. The van der Waals surface area contributed by atoms with Gasteiger partial charge in [-0.05, 0) is 45.7 Å². The van der Waals surface area contributed by atoms with Crippen LogP contribution in [-0.2, 0) is 0 Å². The lowest BCUT2D eigenvalue weighted by Crippen LogP contribution is -2.66. The SMILES string of the molecule is CCC1CNC2(CCCC2)CN1C1CCCN(C)C1. The van der Waals surface area contributed by atoms with Crippen LogP contribution in [0.15, 0.2) is 0 Å². The molecular formula is C16H31N3. The molecule has 0 radical (unpaired) electrons. The number of piperazine rings is 1. The van der Waals surface area contributed by atoms with Crippen LogP contribution >= 0.6 is 0 Å². The molecule has 3 heteroatoms. The summed E-state index contributed by atoms with van der Waals surface area (Å²) in [6, 6.07) is 1.57. The van der Waals surface area contributed by atoms with Crippen molar-refractivity contribution in [3.8, 4) is 0 Å². The van der Waals surface area contributed by atoms with Gasteiger partial charge in [-0.25, -0.2) is 0 Å². The fraction of sp³-hybridized carbons (Fsp3) is 1.00. The van der Waals surface area contributed by atoms with Gasteiger partial charge < -0.3 is 10.2 Å². The van der Waals surface area contributed by atoms with E-state index in [2.05, 4.69) is 29.1 Å². The maximum atomic E-state index is 3.92. The number of hydrogen-bond donors (Lipinski definition) is 1. The van der Waals surface area contributed by atoms with Crippen LogP contribution in [0.2, 0.25) is 0 Å². The average molecular weight is 265 g/mol. The molecule has 1 N–H and O–H groups in total. The Morgan fingerprint density at radius 2 is 2.00 bits per heavy atom. The molecule has 2 saturated heterocycles. The number of likely N-dealkylation sites (tertiary alicyclic amines) is 1. The van der Waals surface area contributed by atoms with Gasteiger partial charge in [0.1, 0.15) is 0 Å². The summed E-state index contributed by atoms with van der Waals surface area (Å²) in [7, 11) is 2.29. The van der Waals surface area contributed by atoms with Gasteiger partial charge in [-0.3, -0.25) is 4.90 Å². The van der Waals surface area contributed by atoms with E-state index in [4.69, 9.17) is 0 Å². The van der Waals surface area contributed by atoms with Gasteiger partial charge in [0.05, 0.1) is 0 Å². The summed E-state index contributed by atoms with van der Waals surface area (Å²) in [6.07, 6.45) is 9.77. The third-order valence-electron chi connectivity index (χ3n) is 5.77. The Labute approximate surface area is 118 Å². The van der Waals surface area contributed by atoms with Crippen molar-refractivity contribution in [1.29, 1.82) is 0 Å². The van der Waals surface area contributed by atoms with Gasteiger partial charge in [0.2, 0.25) is 0 Å². The van der Waals surface area contributed by atoms with Gasteiger partial charge in [-0.1, -0.05) is 19.8 Å². The molecule has 3 fully saturated rings. The van der Waals surface area contributed by atoms with Crippen molar-refractivity contribution in [3.05, 3.63) is 0 Å². The predicted octanol–water partition coefficient (Wildman–Crippen LogP) is 2.08. The van der Waals surface area contributed by atoms with Gasteiger partial charge >= 0.3 is 0 Å². The molecule has 3 rings (SSSR count). The van der Waals surface area contributed by atoms with E-state index in [1.165, 1.54) is 71.1 Å². The van der Waals surface area contributed by atoms with Gasteiger partial charge in [0.15, 0.2) is 0 Å². The Morgan fingerprint density at radius 1 is 1.21 bits per heavy atom. The van der Waals surface area contributed by atoms with Gasteiger partial charge in [-0.2, -0.15) is 0 Å². The molecule has 1 saturated carbocycles. The zero-order chi connectivity index (χ0) is 13.3. The second-order valence-electron chi connectivity index (χ2n) is 7.16. The van der Waals surface area contributed by atoms with Crippen LogP contribution in [0, 0.1) is 0 Å². The summed E-state index contributed by atoms with van der Waals surface area (Å²) < 4.78 is 0. The molecule has 1 spiro atoms. The molecule has 1 aliphatic carbocycles. The van der Waals surface area contributed by atoms with Crippen molar-refractivity contribution in [1.82, 2.24) is 15.1 Å². The highest BCUT2D eigenvalue weighted by Gasteiger charge is 2.43. The molecule has 2 aliphatic heterocycles. The molecule has 0 aromatic heterocycles. The fourth-order valence-corrected chi connectivity index (χ4v) is 4.59. The molecule has 2 atom stereocenters. The third kappa shape index (κ3) is 2.84. The number of piperidine rings is 1. The monoisotopic (exact) mass is 265 g/mol. The molecule has 0 bridgehead atoms. The van der Waals surface area contributed by atoms with Crippen molar-refractivity contribution >= 4 is 0 Å². The zero-order valence-electron chi connectivity index (χ0n) is 12.8. The maximum absolute atomic E-state index is 3.92. The molecule has 3 aliphatic rings. The third-order valence-corrected chi connectivity index (χ3v) is 5.77. The van der Waals surface area contributed by atoms with E-state index < -0.39 is 0 Å². The molecular weight excluding hydrogens is 234 g/mol. The quantitative estimate of drug-likeness (QED) is 0.825. The Hall–Kier alpha value is -0.120. The summed E-state index contributed by atoms with van der Waals surface area (Å²) in [6.45, 7) is 7.47. The first-order valence-electron chi connectivity index (χ1n) is 8.42. The number of hydrogen-bond acceptors (Lipinski definition) is 3. The first-order chi connectivity index (χ1) is 9.22. The number of rotatable bonds is 2. The van der Waals surface area contributed by atoms with Crippen LogP contribution < -0.4 is 5.32 Å². The van der Waals surface area contributed by atoms with Gasteiger partial charge in [-0.15, -0.1) is 0 Å². The maximum Gasteiger partial charge on any atom is 0.0309 e. The van der Waals surface area contributed by atoms with Gasteiger partial charge in [0.25, 0.3) is 0 Å². The van der Waals surface area contributed by atoms with Crippen molar-refractivity contribution in [2.45, 2.75) is 69.5 Å². The Bertz CT molecular complexity index is 298. The number of likely N-dealkylation sites (N-methyl/N-ethyl adjacent to an activating group) is 1. The average Bonchev–Trinajstić information content (AvgIpc) is 2.87. The summed E-state index contributed by atoms with van der Waals surface area (Å²) >= 11 is 0. The largest absolute Gasteiger partial charge is 0.308 e. The summed E-state index contributed by atoms with van der Waals surface area (Å²) in [4.78, 5) is 5.42. The van der Waals surface area contributed by atoms with E-state index in [1.54, 1.807) is 0 Å². The lowest BCUT2D eigenvalue weighted by molar-refractivity contribution is 0.0132. The highest BCUT2D eigenvalue weighted by Crippen LogP contribution is 2.35. The second-order valence-corrected chi connectivity index (χ2v) is 7.16. The fourth-order valence-electron chi connectivity index (χ4n) is 4.59. The lowest BCUT2D eigenvalue weighted by Gasteiger charge is -2.51. The van der Waals surface area contributed by atoms with Crippen molar-refractivity contribution < 1.29 is 0 Å². The topological polar surface area (TPSA) is 18.5 Å². The highest BCUT2D eigenvalue weighted by atomic mass is 15.3. The number of nitrogens with one attached hydrogen (secondary N) is 1. The van der Waals surface area contributed by atoms with E-state index in [0.717, 1.165) is 12.1 Å². The molecule has 19 heavy (non-hydrogen) atoms. The van der Waals surface area contributed by atoms with Crippen molar-refractivity contribution in [2.75, 3.05) is 33.2 Å². The molecule has 0 amide bonds. The van der Waals surface area contributed by atoms with Crippen LogP contribution in [0.25, 0.3) is 0 Å². The van der Waals surface area contributed by atoms with E-state index >= 15 is 0 Å². The minimum atomic E-state index is 0.474. The van der Waals surface area contributed by atoms with Crippen LogP contribution in [0.5, 0.6) is 0 Å². The Morgan fingerprint density at radius 3 is 2.68 bits per heavy atom. The zero-order valence-corrected chi connectivity index (χ0v) is 12.8. The van der Waals surface area contributed by atoms with E-state index in [9.17, 15) is 0 Å². The van der Waals surface area contributed by atoms with E-state index in [0.29, 0.717) is 5.54 Å². The van der Waals surface area contributed by atoms with Crippen molar-refractivity contribution in [2.24, 2.45) is 0 Å². The minimum Gasteiger partial charge on any atom is -0.308 e. The smallest absolute Gasteiger partial charge is 0.0309 e. The lowest BCUT2D eigenvalue weighted by atomic mass is 9.89. The standard InChI is InChI=1S/C16H31N3/c1-3-14-11-17-16(8-4-5-9-16)13-19(14)15-7-6-10-18(2)12-15/h14-15,17H,3-13H2,1-2H3. The molecule has 3 nitrogen and oxygen atoms in total. The van der Waals surface area contributed by atoms with E-state index in [-0.39, 0.29) is 0 Å². The summed E-state index contributed by atoms with van der Waals surface area (Å²) in [5.74, 6) is 0. The van der Waals surface area contributed by atoms with E-state index in [1.807, 2.05) is 0 Å². The minimum absolute atomic E-state index is 0.474. The van der Waals surface area contributed by atoms with Crippen LogP contribution in [0.1, 0.15) is 51.9 Å². The molecule has 0 aromatic carbocycles. The first kappa shape index (κ1) is 13.8. The van der Waals surface area contributed by atoms with Gasteiger partial charge in [0, 0.05) is 37.3 Å². The highest BCUT2D eigenvalue weighted by molar-refractivity contribution is 5.02. The summed E-state index contributed by atoms with van der Waals surface area (Å²) in [5.41, 5.74) is 0.474. The predicted molar refractivity (Wildman–Crippen MR) is 80.5 cm³/mol. The molecule has 0 aromatic rings. The van der Waals surface area contributed by atoms with Crippen molar-refractivity contribution in [3.63, 3.8) is 0 Å². The summed E-state index contributed by atoms with van der Waals surface area (Å²) in [5, 5.41) is 3.92. The number of nitrogens with zero attached hydrogens (tertiary/aromatic N) is 2. The molecule has 2 unspecified atom stereocenters. The van der Waals surface area contributed by atoms with Crippen LogP contribution in [0.3, 0.4) is 0 Å². The van der Waals surface area contributed by atoms with Crippen LogP contribution in [-0.4, -0.2) is 60.6 Å². The molecule has 110 valence electrons. The molecule has 2 heterocycles. The van der Waals surface area contributed by atoms with Crippen LogP contribution in [0.4, 0.5) is 0 Å². The first-order valence-corrected chi connectivity index (χ1v) is 8.42. The Kier molecular flexibility index (Phi) is 4.16.